The minimum absolute atomic E-state index is 0.641. The second-order valence-electron chi connectivity index (χ2n) is 18.6. The number of hydrogen-bond acceptors (Lipinski definition) is 5. The van der Waals surface area contributed by atoms with Gasteiger partial charge in [0.2, 0.25) is 5.78 Å². The van der Waals surface area contributed by atoms with Gasteiger partial charge in [0, 0.05) is 44.5 Å². The summed E-state index contributed by atoms with van der Waals surface area (Å²) in [6.45, 7) is 0. The predicted octanol–water partition coefficient (Wildman–Crippen LogP) is 15.4. The van der Waals surface area contributed by atoms with Crippen molar-refractivity contribution in [2.45, 2.75) is 0 Å². The molecule has 9 heteroatoms. The van der Waals surface area contributed by atoms with Crippen LogP contribution in [0.15, 0.2) is 249 Å². The molecule has 0 radical (unpaired) electrons. The summed E-state index contributed by atoms with van der Waals surface area (Å²) in [7, 11) is 0. The fourth-order valence-corrected chi connectivity index (χ4v) is 10.7. The Balaban J connectivity index is 0.972. The monoisotopic (exact) mass is 947 g/mol. The highest BCUT2D eigenvalue weighted by Crippen LogP contribution is 2.38. The van der Waals surface area contributed by atoms with Crippen LogP contribution in [-0.2, 0) is 0 Å². The summed E-state index contributed by atoms with van der Waals surface area (Å²) >= 11 is 0. The Morgan fingerprint density at radius 2 is 0.716 bits per heavy atom. The molecule has 15 rings (SSSR count). The first-order valence-electron chi connectivity index (χ1n) is 24.7. The topological polar surface area (TPSA) is 83.1 Å². The fourth-order valence-electron chi connectivity index (χ4n) is 10.7. The van der Waals surface area contributed by atoms with Gasteiger partial charge < -0.3 is 0 Å². The normalized spacial score (nSPS) is 11.8. The van der Waals surface area contributed by atoms with E-state index in [1.807, 2.05) is 30.3 Å². The third-order valence-corrected chi connectivity index (χ3v) is 14.2. The van der Waals surface area contributed by atoms with Crippen molar-refractivity contribution < 1.29 is 0 Å². The molecule has 6 aromatic heterocycles. The van der Waals surface area contributed by atoms with Crippen molar-refractivity contribution in [2.75, 3.05) is 0 Å². The van der Waals surface area contributed by atoms with Gasteiger partial charge in [-0.3, -0.25) is 17.9 Å². The van der Waals surface area contributed by atoms with E-state index in [1.54, 1.807) is 0 Å². The molecule has 0 amide bonds. The Labute approximate surface area is 424 Å². The Bertz CT molecular complexity index is 4530. The molecule has 0 aliphatic carbocycles. The third-order valence-electron chi connectivity index (χ3n) is 14.2. The van der Waals surface area contributed by atoms with Crippen LogP contribution in [-0.4, -0.2) is 42.9 Å². The van der Waals surface area contributed by atoms with E-state index in [1.165, 1.54) is 0 Å². The van der Waals surface area contributed by atoms with Crippen LogP contribution in [0.2, 0.25) is 0 Å². The van der Waals surface area contributed by atoms with E-state index in [4.69, 9.17) is 24.9 Å². The van der Waals surface area contributed by atoms with E-state index < -0.39 is 0 Å². The van der Waals surface area contributed by atoms with Gasteiger partial charge in [-0.1, -0.05) is 164 Å². The van der Waals surface area contributed by atoms with Gasteiger partial charge >= 0.3 is 0 Å². The van der Waals surface area contributed by atoms with Crippen LogP contribution < -0.4 is 0 Å². The predicted molar refractivity (Wildman–Crippen MR) is 299 cm³/mol. The SMILES string of the molecule is c1ccc(-c2cc(-c3ccccc3)nc(-c3ccc4cc5n(-c6cccc(-n7c8ccccc8n8c9ccccc9nc78)c6)c6ccc(-c7nc(-c8ccccc8)cc(-c8ccccc8)n7)cc6n5c4c3)n2)cc1. The molecule has 6 heterocycles. The van der Waals surface area contributed by atoms with Gasteiger partial charge in [-0.2, -0.15) is 0 Å². The van der Waals surface area contributed by atoms with Crippen LogP contribution in [0.5, 0.6) is 0 Å². The molecule has 0 bridgehead atoms. The van der Waals surface area contributed by atoms with Crippen molar-refractivity contribution in [3.05, 3.63) is 249 Å². The lowest BCUT2D eigenvalue weighted by Gasteiger charge is -2.11. The molecule has 0 unspecified atom stereocenters. The average molecular weight is 948 g/mol. The lowest BCUT2D eigenvalue weighted by atomic mass is 10.1. The zero-order chi connectivity index (χ0) is 48.7. The molecule has 9 aromatic carbocycles. The molecule has 74 heavy (non-hydrogen) atoms. The first kappa shape index (κ1) is 41.5. The Morgan fingerprint density at radius 1 is 0.257 bits per heavy atom. The molecule has 0 atom stereocenters. The van der Waals surface area contributed by atoms with E-state index in [2.05, 4.69) is 236 Å². The highest BCUT2D eigenvalue weighted by atomic mass is 15.2. The summed E-state index contributed by atoms with van der Waals surface area (Å²) < 4.78 is 9.27. The largest absolute Gasteiger partial charge is 0.294 e. The van der Waals surface area contributed by atoms with Crippen LogP contribution in [0.1, 0.15) is 0 Å². The van der Waals surface area contributed by atoms with E-state index in [0.29, 0.717) is 11.6 Å². The molecule has 0 fully saturated rings. The van der Waals surface area contributed by atoms with Crippen LogP contribution >= 0.6 is 0 Å². The smallest absolute Gasteiger partial charge is 0.220 e. The maximum atomic E-state index is 5.27. The fraction of sp³-hybridized carbons (Fsp3) is 0. The molecular formula is C65H41N9. The Hall–Kier alpha value is -10.3. The van der Waals surface area contributed by atoms with Gasteiger partial charge in [0.25, 0.3) is 0 Å². The number of nitrogens with zero attached hydrogens (tertiary/aromatic N) is 9. The summed E-state index contributed by atoms with van der Waals surface area (Å²) in [4.78, 5) is 26.2. The molecule has 0 N–H and O–H groups in total. The van der Waals surface area contributed by atoms with Gasteiger partial charge in [-0.25, -0.2) is 24.9 Å². The summed E-state index contributed by atoms with van der Waals surface area (Å²) in [5.41, 5.74) is 19.6. The minimum atomic E-state index is 0.641. The van der Waals surface area contributed by atoms with Crippen molar-refractivity contribution in [1.82, 2.24) is 42.9 Å². The number of rotatable bonds is 8. The molecule has 15 aromatic rings. The highest BCUT2D eigenvalue weighted by Gasteiger charge is 2.22. The second kappa shape index (κ2) is 16.7. The van der Waals surface area contributed by atoms with Gasteiger partial charge in [-0.05, 0) is 84.9 Å². The molecule has 0 spiro atoms. The van der Waals surface area contributed by atoms with Crippen LogP contribution in [0.25, 0.3) is 135 Å². The second-order valence-corrected chi connectivity index (χ2v) is 18.6. The standard InChI is InChI=1S/C65H41N9/c1-5-18-42(19-6-1)52-40-53(43-20-7-2-8-21-43)67-63(66-52)47-33-32-46-38-62-71(49-26-17-27-50(39-49)72-57-30-15-16-31-58(57)74-56-29-14-13-28-51(56)70-65(72)74)59-35-34-48(37-61(59)73(62)60(46)36-47)64-68-54(44-22-9-3-10-23-44)41-55(69-64)45-24-11-4-12-25-45/h1-41H. The average Bonchev–Trinajstić information content (AvgIpc) is 4.23. The van der Waals surface area contributed by atoms with Crippen molar-refractivity contribution in [2.24, 2.45) is 0 Å². The molecule has 0 saturated heterocycles. The maximum absolute atomic E-state index is 5.27. The molecule has 0 aliphatic heterocycles. The zero-order valence-electron chi connectivity index (χ0n) is 39.7. The summed E-state index contributed by atoms with van der Waals surface area (Å²) in [5.74, 6) is 2.15. The highest BCUT2D eigenvalue weighted by molar-refractivity contribution is 5.99. The number of fused-ring (bicyclic) bond motifs is 10. The maximum Gasteiger partial charge on any atom is 0.220 e. The van der Waals surface area contributed by atoms with Crippen molar-refractivity contribution in [1.29, 1.82) is 0 Å². The minimum Gasteiger partial charge on any atom is -0.294 e. The molecule has 0 aliphatic rings. The number of benzene rings is 9. The quantitative estimate of drug-likeness (QED) is 0.152. The molecule has 9 nitrogen and oxygen atoms in total. The van der Waals surface area contributed by atoms with Crippen molar-refractivity contribution in [3.8, 4) is 79.2 Å². The molecular weight excluding hydrogens is 907 g/mol. The van der Waals surface area contributed by atoms with E-state index in [9.17, 15) is 0 Å². The molecule has 0 saturated carbocycles. The lowest BCUT2D eigenvalue weighted by Crippen LogP contribution is -1.99. The van der Waals surface area contributed by atoms with Gasteiger partial charge in [0.15, 0.2) is 11.6 Å². The lowest BCUT2D eigenvalue weighted by molar-refractivity contribution is 1.09. The van der Waals surface area contributed by atoms with Crippen LogP contribution in [0, 0.1) is 0 Å². The third kappa shape index (κ3) is 6.75. The van der Waals surface area contributed by atoms with E-state index >= 15 is 0 Å². The summed E-state index contributed by atoms with van der Waals surface area (Å²) in [6, 6.07) is 86.6. The van der Waals surface area contributed by atoms with E-state index in [-0.39, 0.29) is 0 Å². The Kier molecular flexibility index (Phi) is 9.36. The van der Waals surface area contributed by atoms with E-state index in [0.717, 1.165) is 123 Å². The number of para-hydroxylation sites is 4. The first-order valence-corrected chi connectivity index (χ1v) is 24.7. The zero-order valence-corrected chi connectivity index (χ0v) is 39.7. The molecule has 346 valence electrons. The van der Waals surface area contributed by atoms with Crippen molar-refractivity contribution >= 4 is 55.4 Å². The van der Waals surface area contributed by atoms with Gasteiger partial charge in [-0.15, -0.1) is 0 Å². The first-order chi connectivity index (χ1) is 36.7. The summed E-state index contributed by atoms with van der Waals surface area (Å²) in [6.07, 6.45) is 0. The van der Waals surface area contributed by atoms with Crippen molar-refractivity contribution in [3.63, 3.8) is 0 Å². The van der Waals surface area contributed by atoms with Gasteiger partial charge in [0.05, 0.1) is 67.1 Å². The van der Waals surface area contributed by atoms with Crippen LogP contribution in [0.3, 0.4) is 0 Å². The van der Waals surface area contributed by atoms with Crippen LogP contribution in [0.4, 0.5) is 0 Å². The number of hydrogen-bond donors (Lipinski definition) is 0. The number of aromatic nitrogens is 9. The van der Waals surface area contributed by atoms with Gasteiger partial charge in [0.1, 0.15) is 5.65 Å². The number of imidazole rings is 3. The Morgan fingerprint density at radius 3 is 1.28 bits per heavy atom. The summed E-state index contributed by atoms with van der Waals surface area (Å²) in [5, 5.41) is 1.08.